The Morgan fingerprint density at radius 2 is 1.05 bits per heavy atom. The molecule has 0 aliphatic carbocycles. The minimum Gasteiger partial charge on any atom is -0.462 e. The van der Waals surface area contributed by atoms with Gasteiger partial charge in [0.1, 0.15) is 6.61 Å². The predicted molar refractivity (Wildman–Crippen MR) is 236 cm³/mol. The van der Waals surface area contributed by atoms with Gasteiger partial charge in [0.05, 0.1) is 12.7 Å². The Balaban J connectivity index is 4.05. The molecule has 0 saturated heterocycles. The second-order valence-electron chi connectivity index (χ2n) is 14.9. The molecular weight excluding hydrogens is 739 g/mol. The van der Waals surface area contributed by atoms with Gasteiger partial charge < -0.3 is 24.4 Å². The van der Waals surface area contributed by atoms with Gasteiger partial charge >= 0.3 is 19.8 Å². The van der Waals surface area contributed by atoms with E-state index in [-0.39, 0.29) is 19.4 Å². The molecule has 0 spiro atoms. The standard InChI is InChI=1S/C47H81O9P/c1-3-5-7-9-11-12-13-14-15-16-17-18-19-20-21-26-29-33-37-41-47(50)56-45(43-55-57(51,52)53)42-54-46(49)40-36-32-28-25-23-22-24-27-31-35-39-44(48)38-34-30-10-8-6-4-2/h6,8,22-23,27-28,30-32,34-35,39,44-45,48H,3-5,7,9-21,24-26,29,33,36-38,40-43H2,1-2H3,(H2,51,52,53)/b8-6-,23-22-,31-27-,32-28-,34-30-,39-35+/t44?,45-/m1/s1. The molecule has 0 saturated carbocycles. The molecule has 0 aromatic carbocycles. The molecule has 0 aliphatic rings. The third kappa shape index (κ3) is 44.4. The van der Waals surface area contributed by atoms with Crippen LogP contribution in [0.3, 0.4) is 0 Å². The lowest BCUT2D eigenvalue weighted by Gasteiger charge is -2.18. The normalized spacial score (nSPS) is 13.7. The van der Waals surface area contributed by atoms with Crippen molar-refractivity contribution in [3.05, 3.63) is 72.9 Å². The van der Waals surface area contributed by atoms with Gasteiger partial charge in [-0.3, -0.25) is 14.1 Å². The van der Waals surface area contributed by atoms with Crippen molar-refractivity contribution in [3.8, 4) is 0 Å². The van der Waals surface area contributed by atoms with Crippen molar-refractivity contribution < 1.29 is 43.0 Å². The minimum atomic E-state index is -4.79. The van der Waals surface area contributed by atoms with E-state index >= 15 is 0 Å². The van der Waals surface area contributed by atoms with E-state index in [0.29, 0.717) is 25.7 Å². The number of hydrogen-bond acceptors (Lipinski definition) is 7. The van der Waals surface area contributed by atoms with E-state index in [1.807, 2.05) is 48.6 Å². The van der Waals surface area contributed by atoms with E-state index < -0.39 is 38.6 Å². The number of rotatable bonds is 40. The smallest absolute Gasteiger partial charge is 0.462 e. The largest absolute Gasteiger partial charge is 0.469 e. The fourth-order valence-electron chi connectivity index (χ4n) is 6.01. The molecule has 0 aromatic heterocycles. The summed E-state index contributed by atoms with van der Waals surface area (Å²) in [7, 11) is -4.79. The molecule has 0 heterocycles. The van der Waals surface area contributed by atoms with Crippen LogP contribution in [0.25, 0.3) is 0 Å². The second-order valence-corrected chi connectivity index (χ2v) is 16.1. The van der Waals surface area contributed by atoms with Gasteiger partial charge in [-0.25, -0.2) is 4.57 Å². The Hall–Kier alpha value is -2.55. The van der Waals surface area contributed by atoms with Crippen LogP contribution in [0.4, 0.5) is 0 Å². The number of allylic oxidation sites excluding steroid dienone is 10. The van der Waals surface area contributed by atoms with Gasteiger partial charge in [-0.2, -0.15) is 0 Å². The van der Waals surface area contributed by atoms with E-state index in [4.69, 9.17) is 19.3 Å². The summed E-state index contributed by atoms with van der Waals surface area (Å²) in [5, 5.41) is 9.98. The molecule has 0 aromatic rings. The van der Waals surface area contributed by atoms with Crippen molar-refractivity contribution in [3.63, 3.8) is 0 Å². The Kier molecular flexibility index (Phi) is 39.7. The average molecular weight is 821 g/mol. The number of carbonyl (C=O) groups excluding carboxylic acids is 2. The fourth-order valence-corrected chi connectivity index (χ4v) is 6.37. The van der Waals surface area contributed by atoms with Crippen LogP contribution < -0.4 is 0 Å². The Morgan fingerprint density at radius 1 is 0.561 bits per heavy atom. The number of esters is 2. The van der Waals surface area contributed by atoms with Crippen LogP contribution in [0, 0.1) is 0 Å². The van der Waals surface area contributed by atoms with Crippen molar-refractivity contribution in [2.45, 2.75) is 199 Å². The first-order valence-electron chi connectivity index (χ1n) is 22.3. The van der Waals surface area contributed by atoms with Gasteiger partial charge in [0.2, 0.25) is 0 Å². The molecule has 0 rings (SSSR count). The summed E-state index contributed by atoms with van der Waals surface area (Å²) < 4.78 is 26.3. The number of aliphatic hydroxyl groups excluding tert-OH is 1. The molecule has 0 bridgehead atoms. The quantitative estimate of drug-likeness (QED) is 0.0181. The van der Waals surface area contributed by atoms with E-state index in [9.17, 15) is 19.3 Å². The van der Waals surface area contributed by atoms with E-state index in [0.717, 1.165) is 38.5 Å². The number of hydrogen-bond donors (Lipinski definition) is 3. The zero-order chi connectivity index (χ0) is 41.9. The Labute approximate surface area is 347 Å². The molecule has 328 valence electrons. The number of unbranched alkanes of at least 4 members (excludes halogenated alkanes) is 18. The number of carbonyl (C=O) groups is 2. The number of phosphoric acid groups is 1. The average Bonchev–Trinajstić information content (AvgIpc) is 3.18. The highest BCUT2D eigenvalue weighted by molar-refractivity contribution is 7.46. The molecule has 0 amide bonds. The molecule has 0 fully saturated rings. The maximum absolute atomic E-state index is 12.4. The molecule has 0 radical (unpaired) electrons. The molecule has 2 atom stereocenters. The van der Waals surface area contributed by atoms with Crippen LogP contribution in [0.2, 0.25) is 0 Å². The van der Waals surface area contributed by atoms with Crippen molar-refractivity contribution in [2.24, 2.45) is 0 Å². The number of aliphatic hydroxyl groups is 1. The lowest BCUT2D eigenvalue weighted by Crippen LogP contribution is -2.29. The summed E-state index contributed by atoms with van der Waals surface area (Å²) in [5.41, 5.74) is 0. The van der Waals surface area contributed by atoms with Crippen molar-refractivity contribution in [1.82, 2.24) is 0 Å². The first-order chi connectivity index (χ1) is 27.7. The molecule has 57 heavy (non-hydrogen) atoms. The Bertz CT molecular complexity index is 1170. The molecule has 1 unspecified atom stereocenters. The fraction of sp³-hybridized carbons (Fsp3) is 0.702. The maximum Gasteiger partial charge on any atom is 0.469 e. The van der Waals surface area contributed by atoms with Gasteiger partial charge in [-0.05, 0) is 44.9 Å². The third-order valence-corrected chi connectivity index (χ3v) is 9.82. The van der Waals surface area contributed by atoms with Gasteiger partial charge in [0, 0.05) is 12.8 Å². The van der Waals surface area contributed by atoms with Crippen LogP contribution in [-0.4, -0.2) is 52.3 Å². The monoisotopic (exact) mass is 821 g/mol. The van der Waals surface area contributed by atoms with Crippen LogP contribution >= 0.6 is 7.82 Å². The van der Waals surface area contributed by atoms with Gasteiger partial charge in [0.15, 0.2) is 6.10 Å². The van der Waals surface area contributed by atoms with Crippen LogP contribution in [0.15, 0.2) is 72.9 Å². The minimum absolute atomic E-state index is 0.117. The van der Waals surface area contributed by atoms with Gasteiger partial charge in [-0.1, -0.05) is 202 Å². The lowest BCUT2D eigenvalue weighted by atomic mass is 10.0. The first kappa shape index (κ1) is 54.5. The lowest BCUT2D eigenvalue weighted by molar-refractivity contribution is -0.161. The molecule has 0 aliphatic heterocycles. The van der Waals surface area contributed by atoms with E-state index in [1.165, 1.54) is 96.3 Å². The SMILES string of the molecule is CC/C=C\C/C=C\CC(O)/C=C/C=C\C/C=C\C/C=C\CCC(=O)OC[C@H](COP(=O)(O)O)OC(=O)CCCCCCCCCCCCCCCCCCCCC. The highest BCUT2D eigenvalue weighted by Crippen LogP contribution is 2.36. The number of phosphoric ester groups is 1. The highest BCUT2D eigenvalue weighted by atomic mass is 31.2. The van der Waals surface area contributed by atoms with Crippen molar-refractivity contribution >= 4 is 19.8 Å². The first-order valence-corrected chi connectivity index (χ1v) is 23.9. The van der Waals surface area contributed by atoms with Crippen LogP contribution in [-0.2, 0) is 28.2 Å². The van der Waals surface area contributed by atoms with E-state index in [1.54, 1.807) is 6.08 Å². The maximum atomic E-state index is 12.4. The Morgan fingerprint density at radius 3 is 1.60 bits per heavy atom. The summed E-state index contributed by atoms with van der Waals surface area (Å²) in [5.74, 6) is -1.01. The molecular formula is C47H81O9P. The van der Waals surface area contributed by atoms with E-state index in [2.05, 4.69) is 36.6 Å². The van der Waals surface area contributed by atoms with Crippen LogP contribution in [0.5, 0.6) is 0 Å². The highest BCUT2D eigenvalue weighted by Gasteiger charge is 2.22. The summed E-state index contributed by atoms with van der Waals surface area (Å²) in [6, 6.07) is 0. The third-order valence-electron chi connectivity index (χ3n) is 9.33. The van der Waals surface area contributed by atoms with Crippen molar-refractivity contribution in [1.29, 1.82) is 0 Å². The summed E-state index contributed by atoms with van der Waals surface area (Å²) in [6.45, 7) is 3.45. The van der Waals surface area contributed by atoms with Gasteiger partial charge in [0.25, 0.3) is 0 Å². The molecule has 9 nitrogen and oxygen atoms in total. The molecule has 10 heteroatoms. The summed E-state index contributed by atoms with van der Waals surface area (Å²) in [4.78, 5) is 42.9. The second kappa shape index (κ2) is 41.6. The summed E-state index contributed by atoms with van der Waals surface area (Å²) >= 11 is 0. The zero-order valence-electron chi connectivity index (χ0n) is 35.8. The van der Waals surface area contributed by atoms with Crippen LogP contribution in [0.1, 0.15) is 187 Å². The molecule has 3 N–H and O–H groups in total. The van der Waals surface area contributed by atoms with Crippen molar-refractivity contribution in [2.75, 3.05) is 13.2 Å². The van der Waals surface area contributed by atoms with Gasteiger partial charge in [-0.15, -0.1) is 0 Å². The number of ether oxygens (including phenoxy) is 2. The predicted octanol–water partition coefficient (Wildman–Crippen LogP) is 12.8. The summed E-state index contributed by atoms with van der Waals surface area (Å²) in [6.07, 6.45) is 50.9. The zero-order valence-corrected chi connectivity index (χ0v) is 36.7. The topological polar surface area (TPSA) is 140 Å².